The SMILES string of the molecule is CCCc1nnsc1C(=O)N[C@@H]1CCN(C(C)=O)C[C@H]1O. The van der Waals surface area contributed by atoms with Crippen LogP contribution in [0.25, 0.3) is 0 Å². The van der Waals surface area contributed by atoms with E-state index in [9.17, 15) is 14.7 Å². The second-order valence-electron chi connectivity index (χ2n) is 5.20. The van der Waals surface area contributed by atoms with Crippen LogP contribution in [0.3, 0.4) is 0 Å². The Balaban J connectivity index is 1.97. The maximum absolute atomic E-state index is 12.3. The number of hydrogen-bond donors (Lipinski definition) is 2. The zero-order chi connectivity index (χ0) is 15.4. The number of aliphatic hydroxyl groups is 1. The number of nitrogens with zero attached hydrogens (tertiary/aromatic N) is 3. The molecule has 21 heavy (non-hydrogen) atoms. The molecule has 0 bridgehead atoms. The van der Waals surface area contributed by atoms with Crippen LogP contribution in [0.15, 0.2) is 0 Å². The van der Waals surface area contributed by atoms with Gasteiger partial charge in [0.05, 0.1) is 17.8 Å². The third-order valence-electron chi connectivity index (χ3n) is 3.59. The Labute approximate surface area is 127 Å². The van der Waals surface area contributed by atoms with Crippen LogP contribution in [-0.2, 0) is 11.2 Å². The van der Waals surface area contributed by atoms with E-state index >= 15 is 0 Å². The Bertz CT molecular complexity index is 519. The summed E-state index contributed by atoms with van der Waals surface area (Å²) in [6, 6.07) is -0.343. The number of hydrogen-bond acceptors (Lipinski definition) is 6. The number of aryl methyl sites for hydroxylation is 1. The third kappa shape index (κ3) is 3.76. The van der Waals surface area contributed by atoms with Crippen molar-refractivity contribution in [2.45, 2.75) is 45.3 Å². The van der Waals surface area contributed by atoms with E-state index in [1.54, 1.807) is 4.90 Å². The second-order valence-corrected chi connectivity index (χ2v) is 5.95. The molecule has 2 N–H and O–H groups in total. The summed E-state index contributed by atoms with van der Waals surface area (Å²) in [5.41, 5.74) is 0.704. The molecule has 1 aliphatic rings. The maximum atomic E-state index is 12.3. The Morgan fingerprint density at radius 2 is 2.29 bits per heavy atom. The van der Waals surface area contributed by atoms with E-state index in [2.05, 4.69) is 14.9 Å². The molecule has 0 radical (unpaired) electrons. The molecule has 1 fully saturated rings. The van der Waals surface area contributed by atoms with Gasteiger partial charge in [-0.2, -0.15) is 0 Å². The summed E-state index contributed by atoms with van der Waals surface area (Å²) in [6.07, 6.45) is 1.40. The molecule has 1 aromatic rings. The molecule has 2 amide bonds. The van der Waals surface area contributed by atoms with Gasteiger partial charge in [0.15, 0.2) is 0 Å². The van der Waals surface area contributed by atoms with Crippen LogP contribution in [0.2, 0.25) is 0 Å². The number of aliphatic hydroxyl groups excluding tert-OH is 1. The van der Waals surface area contributed by atoms with Gasteiger partial charge < -0.3 is 15.3 Å². The van der Waals surface area contributed by atoms with Gasteiger partial charge in [0.2, 0.25) is 5.91 Å². The summed E-state index contributed by atoms with van der Waals surface area (Å²) in [5.74, 6) is -0.301. The molecule has 1 aliphatic heterocycles. The molecule has 2 rings (SSSR count). The first-order valence-corrected chi connectivity index (χ1v) is 7.86. The minimum Gasteiger partial charge on any atom is -0.389 e. The average Bonchev–Trinajstić information content (AvgIpc) is 2.89. The van der Waals surface area contributed by atoms with Crippen LogP contribution in [0, 0.1) is 0 Å². The van der Waals surface area contributed by atoms with E-state index in [4.69, 9.17) is 0 Å². The van der Waals surface area contributed by atoms with Gasteiger partial charge in [-0.1, -0.05) is 17.8 Å². The van der Waals surface area contributed by atoms with Crippen molar-refractivity contribution >= 4 is 23.3 Å². The van der Waals surface area contributed by atoms with E-state index in [1.165, 1.54) is 6.92 Å². The van der Waals surface area contributed by atoms with Crippen molar-refractivity contribution in [3.63, 3.8) is 0 Å². The predicted octanol–water partition coefficient (Wildman–Crippen LogP) is 0.202. The largest absolute Gasteiger partial charge is 0.389 e. The van der Waals surface area contributed by atoms with Crippen molar-refractivity contribution in [1.82, 2.24) is 19.8 Å². The first kappa shape index (κ1) is 15.8. The monoisotopic (exact) mass is 312 g/mol. The van der Waals surface area contributed by atoms with Gasteiger partial charge in [0.1, 0.15) is 4.88 Å². The first-order valence-electron chi connectivity index (χ1n) is 7.08. The number of β-amino-alcohol motifs (C(OH)–C–C–N with tert-alkyl or cyclic N) is 1. The Kier molecular flexibility index (Phi) is 5.24. The molecule has 2 heterocycles. The molecule has 0 aromatic carbocycles. The van der Waals surface area contributed by atoms with Crippen molar-refractivity contribution < 1.29 is 14.7 Å². The number of amides is 2. The molecule has 0 saturated carbocycles. The standard InChI is InChI=1S/C13H20N4O3S/c1-3-4-10-12(21-16-15-10)13(20)14-9-5-6-17(8(2)18)7-11(9)19/h9,11,19H,3-7H2,1-2H3,(H,14,20)/t9-,11-/m1/s1. The number of carbonyl (C=O) groups is 2. The Morgan fingerprint density at radius 1 is 1.52 bits per heavy atom. The molecule has 8 heteroatoms. The van der Waals surface area contributed by atoms with Crippen LogP contribution in [0.5, 0.6) is 0 Å². The highest BCUT2D eigenvalue weighted by atomic mass is 32.1. The number of aromatic nitrogens is 2. The van der Waals surface area contributed by atoms with Crippen molar-refractivity contribution in [2.75, 3.05) is 13.1 Å². The predicted molar refractivity (Wildman–Crippen MR) is 78.0 cm³/mol. The van der Waals surface area contributed by atoms with Gasteiger partial charge >= 0.3 is 0 Å². The van der Waals surface area contributed by atoms with Crippen LogP contribution in [-0.4, -0.2) is 56.6 Å². The smallest absolute Gasteiger partial charge is 0.265 e. The summed E-state index contributed by atoms with van der Waals surface area (Å²) in [6.45, 7) is 4.29. The fraction of sp³-hybridized carbons (Fsp3) is 0.692. The summed E-state index contributed by atoms with van der Waals surface area (Å²) >= 11 is 1.07. The van der Waals surface area contributed by atoms with Crippen molar-refractivity contribution in [3.05, 3.63) is 10.6 Å². The van der Waals surface area contributed by atoms with Gasteiger partial charge in [0, 0.05) is 20.0 Å². The fourth-order valence-corrected chi connectivity index (χ4v) is 3.01. The van der Waals surface area contributed by atoms with Gasteiger partial charge in [-0.3, -0.25) is 9.59 Å². The van der Waals surface area contributed by atoms with E-state index in [0.29, 0.717) is 30.0 Å². The maximum Gasteiger partial charge on any atom is 0.265 e. The highest BCUT2D eigenvalue weighted by Crippen LogP contribution is 2.16. The molecule has 0 aliphatic carbocycles. The van der Waals surface area contributed by atoms with Crippen molar-refractivity contribution in [1.29, 1.82) is 0 Å². The third-order valence-corrected chi connectivity index (χ3v) is 4.36. The fourth-order valence-electron chi connectivity index (χ4n) is 2.40. The lowest BCUT2D eigenvalue weighted by molar-refractivity contribution is -0.132. The van der Waals surface area contributed by atoms with Gasteiger partial charge in [-0.15, -0.1) is 5.10 Å². The van der Waals surface area contributed by atoms with Crippen LogP contribution >= 0.6 is 11.5 Å². The van der Waals surface area contributed by atoms with Gasteiger partial charge in [-0.05, 0) is 24.4 Å². The minimum absolute atomic E-state index is 0.0595. The lowest BCUT2D eigenvalue weighted by Gasteiger charge is -2.35. The molecule has 2 atom stereocenters. The average molecular weight is 312 g/mol. The molecule has 116 valence electrons. The lowest BCUT2D eigenvalue weighted by Crippen LogP contribution is -2.55. The molecular formula is C13H20N4O3S. The highest BCUT2D eigenvalue weighted by molar-refractivity contribution is 7.08. The van der Waals surface area contributed by atoms with E-state index in [-0.39, 0.29) is 24.4 Å². The lowest BCUT2D eigenvalue weighted by atomic mass is 10.0. The molecule has 1 aromatic heterocycles. The van der Waals surface area contributed by atoms with E-state index in [0.717, 1.165) is 18.0 Å². The molecular weight excluding hydrogens is 292 g/mol. The number of likely N-dealkylation sites (tertiary alicyclic amines) is 1. The zero-order valence-corrected chi connectivity index (χ0v) is 13.0. The number of carbonyl (C=O) groups excluding carboxylic acids is 2. The van der Waals surface area contributed by atoms with Crippen LogP contribution < -0.4 is 5.32 Å². The normalized spacial score (nSPS) is 22.1. The van der Waals surface area contributed by atoms with E-state index in [1.807, 2.05) is 6.92 Å². The Morgan fingerprint density at radius 3 is 2.90 bits per heavy atom. The van der Waals surface area contributed by atoms with Gasteiger partial charge in [-0.25, -0.2) is 0 Å². The first-order chi connectivity index (χ1) is 10.0. The number of piperidine rings is 1. The van der Waals surface area contributed by atoms with Crippen molar-refractivity contribution in [3.8, 4) is 0 Å². The van der Waals surface area contributed by atoms with Crippen molar-refractivity contribution in [2.24, 2.45) is 0 Å². The summed E-state index contributed by atoms with van der Waals surface area (Å²) in [7, 11) is 0. The van der Waals surface area contributed by atoms with Gasteiger partial charge in [0.25, 0.3) is 5.91 Å². The number of rotatable bonds is 4. The molecule has 0 spiro atoms. The topological polar surface area (TPSA) is 95.4 Å². The minimum atomic E-state index is -0.748. The molecule has 0 unspecified atom stereocenters. The Hall–Kier alpha value is -1.54. The summed E-state index contributed by atoms with van der Waals surface area (Å²) in [5, 5.41) is 16.9. The summed E-state index contributed by atoms with van der Waals surface area (Å²) in [4.78, 5) is 25.6. The highest BCUT2D eigenvalue weighted by Gasteiger charge is 2.31. The summed E-state index contributed by atoms with van der Waals surface area (Å²) < 4.78 is 3.82. The van der Waals surface area contributed by atoms with Crippen LogP contribution in [0.4, 0.5) is 0 Å². The zero-order valence-electron chi connectivity index (χ0n) is 12.2. The number of nitrogens with one attached hydrogen (secondary N) is 1. The molecule has 7 nitrogen and oxygen atoms in total. The second kappa shape index (κ2) is 6.95. The molecule has 1 saturated heterocycles. The quantitative estimate of drug-likeness (QED) is 0.828. The van der Waals surface area contributed by atoms with Crippen LogP contribution in [0.1, 0.15) is 42.1 Å². The van der Waals surface area contributed by atoms with E-state index < -0.39 is 6.10 Å².